The van der Waals surface area contributed by atoms with Crippen LogP contribution in [0, 0.1) is 0 Å². The highest BCUT2D eigenvalue weighted by atomic mass is 32.1. The molecule has 2 aliphatic heterocycles. The molecule has 2 aromatic rings. The molecule has 2 bridgehead atoms. The molecule has 2 aromatic heterocycles. The van der Waals surface area contributed by atoms with Gasteiger partial charge in [-0.1, -0.05) is 31.1 Å². The van der Waals surface area contributed by atoms with Crippen LogP contribution >= 0.6 is 22.7 Å². The predicted molar refractivity (Wildman–Crippen MR) is 156 cm³/mol. The van der Waals surface area contributed by atoms with Gasteiger partial charge in [0.1, 0.15) is 0 Å². The summed E-state index contributed by atoms with van der Waals surface area (Å²) >= 11 is 3.10. The lowest BCUT2D eigenvalue weighted by molar-refractivity contribution is -0.142. The number of carbonyl (C=O) groups excluding carboxylic acids is 3. The van der Waals surface area contributed by atoms with Gasteiger partial charge in [-0.15, -0.1) is 29.3 Å². The fourth-order valence-corrected chi connectivity index (χ4v) is 5.48. The zero-order valence-electron chi connectivity index (χ0n) is 22.5. The Bertz CT molecular complexity index is 946. The summed E-state index contributed by atoms with van der Waals surface area (Å²) in [5.74, 6) is -0.676. The minimum absolute atomic E-state index is 0.0304. The van der Waals surface area contributed by atoms with Crippen molar-refractivity contribution in [3.05, 3.63) is 57.4 Å². The number of thiophene rings is 2. The third kappa shape index (κ3) is 14.5. The van der Waals surface area contributed by atoms with Crippen LogP contribution in [0.25, 0.3) is 0 Å². The Balaban J connectivity index is 0.000000243. The molecule has 212 valence electrons. The van der Waals surface area contributed by atoms with Gasteiger partial charge in [-0.05, 0) is 54.8 Å². The second-order valence-electron chi connectivity index (χ2n) is 9.14. The molecule has 0 aromatic carbocycles. The van der Waals surface area contributed by atoms with E-state index in [0.29, 0.717) is 19.3 Å². The van der Waals surface area contributed by atoms with Crippen molar-refractivity contribution in [3.63, 3.8) is 0 Å². The van der Waals surface area contributed by atoms with Crippen molar-refractivity contribution in [2.75, 3.05) is 7.11 Å². The first-order chi connectivity index (χ1) is 18.8. The smallest absolute Gasteiger partial charge is 0.509 e. The maximum absolute atomic E-state index is 11.6. The standard InChI is InChI=1S/C14H24B2O5.2C6H7NOS/c1-3-6-12-7-4-10-16-20-13(11-14(17)21-16)8-5-9-15(18-2)19-12;2*7-6(8)4-5-2-1-3-9-5/h3,12-13H,1,4-11H2,2H3;2*1-3H,4H2,(H2,7,8). The normalized spacial score (nSPS) is 19.6. The Kier molecular flexibility index (Phi) is 15.8. The van der Waals surface area contributed by atoms with Crippen LogP contribution in [0.4, 0.5) is 0 Å². The Labute approximate surface area is 239 Å². The topological polar surface area (TPSA) is 140 Å². The molecule has 13 heteroatoms. The van der Waals surface area contributed by atoms with Crippen LogP contribution in [-0.2, 0) is 45.8 Å². The van der Waals surface area contributed by atoms with Crippen LogP contribution in [0.1, 0.15) is 48.3 Å². The highest BCUT2D eigenvalue weighted by molar-refractivity contribution is 7.10. The third-order valence-corrected chi connectivity index (χ3v) is 7.58. The van der Waals surface area contributed by atoms with E-state index >= 15 is 0 Å². The molecular weight excluding hydrogens is 538 g/mol. The molecule has 39 heavy (non-hydrogen) atoms. The second kappa shape index (κ2) is 18.8. The fourth-order valence-electron chi connectivity index (χ4n) is 4.05. The minimum Gasteiger partial charge on any atom is -0.509 e. The molecule has 2 saturated heterocycles. The molecule has 0 aliphatic carbocycles. The van der Waals surface area contributed by atoms with Gasteiger partial charge in [0.15, 0.2) is 0 Å². The molecular formula is C26H38B2N2O7S2. The van der Waals surface area contributed by atoms with E-state index in [1.54, 1.807) is 29.8 Å². The van der Waals surface area contributed by atoms with Crippen LogP contribution in [0.3, 0.4) is 0 Å². The van der Waals surface area contributed by atoms with Crippen LogP contribution in [0.5, 0.6) is 0 Å². The van der Waals surface area contributed by atoms with Gasteiger partial charge in [0.05, 0.1) is 25.4 Å². The van der Waals surface area contributed by atoms with Gasteiger partial charge in [-0.3, -0.25) is 14.4 Å². The summed E-state index contributed by atoms with van der Waals surface area (Å²) in [5, 5.41) is 3.86. The van der Waals surface area contributed by atoms with Gasteiger partial charge < -0.3 is 30.1 Å². The Morgan fingerprint density at radius 1 is 1.05 bits per heavy atom. The van der Waals surface area contributed by atoms with Crippen molar-refractivity contribution < 1.29 is 33.0 Å². The summed E-state index contributed by atoms with van der Waals surface area (Å²) in [6.45, 7) is 3.78. The highest BCUT2D eigenvalue weighted by Gasteiger charge is 2.34. The van der Waals surface area contributed by atoms with Gasteiger partial charge in [-0.25, -0.2) is 0 Å². The van der Waals surface area contributed by atoms with Gasteiger partial charge >= 0.3 is 14.2 Å². The quantitative estimate of drug-likeness (QED) is 0.375. The summed E-state index contributed by atoms with van der Waals surface area (Å²) in [6, 6.07) is 7.61. The molecule has 2 unspecified atom stereocenters. The molecule has 2 aliphatic rings. The molecule has 0 spiro atoms. The van der Waals surface area contributed by atoms with Gasteiger partial charge in [0.2, 0.25) is 11.8 Å². The average Bonchev–Trinajstić information content (AvgIpc) is 3.57. The molecule has 2 atom stereocenters. The maximum atomic E-state index is 11.6. The monoisotopic (exact) mass is 576 g/mol. The van der Waals surface area contributed by atoms with E-state index in [1.165, 1.54) is 0 Å². The predicted octanol–water partition coefficient (Wildman–Crippen LogP) is 4.03. The number of rotatable bonds is 7. The third-order valence-electron chi connectivity index (χ3n) is 5.83. The molecule has 2 fully saturated rings. The minimum atomic E-state index is -0.390. The summed E-state index contributed by atoms with van der Waals surface area (Å²) in [4.78, 5) is 34.3. The zero-order valence-corrected chi connectivity index (χ0v) is 24.1. The Morgan fingerprint density at radius 3 is 2.18 bits per heavy atom. The Morgan fingerprint density at radius 2 is 1.67 bits per heavy atom. The van der Waals surface area contributed by atoms with Crippen molar-refractivity contribution in [1.29, 1.82) is 0 Å². The first-order valence-electron chi connectivity index (χ1n) is 13.0. The van der Waals surface area contributed by atoms with Gasteiger partial charge in [-0.2, -0.15) is 0 Å². The first-order valence-corrected chi connectivity index (χ1v) is 14.8. The number of carbonyl (C=O) groups is 3. The first kappa shape index (κ1) is 32.8. The molecule has 4 heterocycles. The molecule has 0 radical (unpaired) electrons. The summed E-state index contributed by atoms with van der Waals surface area (Å²) in [6.07, 6.45) is 8.88. The molecule has 4 rings (SSSR count). The van der Waals surface area contributed by atoms with E-state index in [4.69, 9.17) is 30.1 Å². The number of fused-ring (bicyclic) bond motifs is 2. The lowest BCUT2D eigenvalue weighted by Crippen LogP contribution is -2.39. The maximum Gasteiger partial charge on any atom is 0.527 e. The van der Waals surface area contributed by atoms with Gasteiger partial charge in [0, 0.05) is 23.0 Å². The number of hydrogen-bond acceptors (Lipinski definition) is 9. The zero-order chi connectivity index (χ0) is 28.5. The van der Waals surface area contributed by atoms with E-state index in [1.807, 2.05) is 41.1 Å². The average molecular weight is 576 g/mol. The fraction of sp³-hybridized carbons (Fsp3) is 0.500. The van der Waals surface area contributed by atoms with E-state index < -0.39 is 7.12 Å². The van der Waals surface area contributed by atoms with Crippen molar-refractivity contribution in [3.8, 4) is 0 Å². The van der Waals surface area contributed by atoms with Crippen molar-refractivity contribution in [1.82, 2.24) is 0 Å². The van der Waals surface area contributed by atoms with Crippen molar-refractivity contribution >= 4 is 54.7 Å². The second-order valence-corrected chi connectivity index (χ2v) is 11.2. The SMILES string of the molecule is C=CCC1CCCB2OC(=O)CC(CCCB(OC)O1)O2.NC(=O)Cc1cccs1.NC(=O)Cc1cccs1. The Hall–Kier alpha value is -2.44. The highest BCUT2D eigenvalue weighted by Crippen LogP contribution is 2.24. The van der Waals surface area contributed by atoms with E-state index in [9.17, 15) is 14.4 Å². The lowest BCUT2D eigenvalue weighted by atomic mass is 9.77. The largest absolute Gasteiger partial charge is 0.527 e. The van der Waals surface area contributed by atoms with Crippen LogP contribution in [0.2, 0.25) is 12.6 Å². The molecule has 4 N–H and O–H groups in total. The van der Waals surface area contributed by atoms with Gasteiger partial charge in [0.25, 0.3) is 5.97 Å². The molecule has 0 saturated carbocycles. The van der Waals surface area contributed by atoms with Crippen LogP contribution in [-0.4, -0.2) is 51.3 Å². The number of primary amides is 2. The number of hydrogen-bond donors (Lipinski definition) is 2. The van der Waals surface area contributed by atoms with E-state index in [0.717, 1.165) is 54.5 Å². The lowest BCUT2D eigenvalue weighted by Gasteiger charge is -2.29. The van der Waals surface area contributed by atoms with Crippen LogP contribution < -0.4 is 11.5 Å². The summed E-state index contributed by atoms with van der Waals surface area (Å²) < 4.78 is 22.5. The van der Waals surface area contributed by atoms with Crippen molar-refractivity contribution in [2.45, 2.75) is 76.2 Å². The van der Waals surface area contributed by atoms with Crippen molar-refractivity contribution in [2.24, 2.45) is 11.5 Å². The number of amides is 2. The summed E-state index contributed by atoms with van der Waals surface area (Å²) in [7, 11) is 1.09. The molecule has 9 nitrogen and oxygen atoms in total. The van der Waals surface area contributed by atoms with E-state index in [2.05, 4.69) is 6.58 Å². The summed E-state index contributed by atoms with van der Waals surface area (Å²) in [5.41, 5.74) is 9.90. The van der Waals surface area contributed by atoms with Crippen LogP contribution in [0.15, 0.2) is 47.7 Å². The van der Waals surface area contributed by atoms with E-state index in [-0.39, 0.29) is 37.1 Å². The molecule has 2 amide bonds. The number of nitrogens with two attached hydrogens (primary N) is 2.